The van der Waals surface area contributed by atoms with E-state index < -0.39 is 6.04 Å². The van der Waals surface area contributed by atoms with Gasteiger partial charge in [0, 0.05) is 29.4 Å². The highest BCUT2D eigenvalue weighted by molar-refractivity contribution is 6.06. The molecular weight excluding hydrogens is 390 g/mol. The highest BCUT2D eigenvalue weighted by Gasteiger charge is 2.18. The van der Waals surface area contributed by atoms with Gasteiger partial charge >= 0.3 is 0 Å². The Bertz CT molecular complexity index is 1240. The lowest BCUT2D eigenvalue weighted by Gasteiger charge is -2.18. The molecule has 1 atom stereocenters. The number of hydrogen-bond acceptors (Lipinski definition) is 4. The summed E-state index contributed by atoms with van der Waals surface area (Å²) in [7, 11) is 0. The average Bonchev–Trinajstić information content (AvgIpc) is 2.81. The molecule has 0 saturated heterocycles. The second kappa shape index (κ2) is 9.36. The Morgan fingerprint density at radius 3 is 2.32 bits per heavy atom. The lowest BCUT2D eigenvalue weighted by Crippen LogP contribution is -2.39. The van der Waals surface area contributed by atoms with E-state index in [1.807, 2.05) is 42.5 Å². The molecule has 2 aromatic heterocycles. The van der Waals surface area contributed by atoms with Gasteiger partial charge in [0.2, 0.25) is 0 Å². The number of nitrogens with one attached hydrogen (secondary N) is 1. The minimum atomic E-state index is -0.436. The zero-order valence-corrected chi connectivity index (χ0v) is 16.9. The van der Waals surface area contributed by atoms with E-state index in [2.05, 4.69) is 10.3 Å². The first kappa shape index (κ1) is 20.5. The smallest absolute Gasteiger partial charge is 0.258 e. The fourth-order valence-corrected chi connectivity index (χ4v) is 3.65. The number of aromatic nitrogens is 2. The van der Waals surface area contributed by atoms with Crippen molar-refractivity contribution in [3.05, 3.63) is 112 Å². The molecule has 0 aliphatic heterocycles. The van der Waals surface area contributed by atoms with E-state index in [0.29, 0.717) is 29.3 Å². The van der Waals surface area contributed by atoms with Gasteiger partial charge in [-0.15, -0.1) is 0 Å². The quantitative estimate of drug-likeness (QED) is 0.488. The molecule has 0 radical (unpaired) electrons. The summed E-state index contributed by atoms with van der Waals surface area (Å²) in [5.74, 6) is -0.324. The monoisotopic (exact) mass is 413 g/mol. The average molecular weight is 413 g/mol. The number of aliphatic hydroxyl groups is 1. The molecule has 0 aliphatic rings. The predicted molar refractivity (Wildman–Crippen MR) is 120 cm³/mol. The molecule has 2 N–H and O–H groups in total. The van der Waals surface area contributed by atoms with Crippen molar-refractivity contribution < 1.29 is 9.90 Å². The summed E-state index contributed by atoms with van der Waals surface area (Å²) in [6, 6.07) is 20.0. The molecule has 31 heavy (non-hydrogen) atoms. The molecule has 0 unspecified atom stereocenters. The molecule has 2 heterocycles. The van der Waals surface area contributed by atoms with Crippen molar-refractivity contribution in [2.24, 2.45) is 0 Å². The van der Waals surface area contributed by atoms with Gasteiger partial charge < -0.3 is 15.0 Å². The minimum Gasteiger partial charge on any atom is -0.394 e. The van der Waals surface area contributed by atoms with Crippen LogP contribution in [0, 0.1) is 0 Å². The number of aliphatic hydroxyl groups excluding tert-OH is 1. The van der Waals surface area contributed by atoms with E-state index in [-0.39, 0.29) is 18.1 Å². The first-order chi connectivity index (χ1) is 15.2. The van der Waals surface area contributed by atoms with Gasteiger partial charge in [-0.2, -0.15) is 0 Å². The lowest BCUT2D eigenvalue weighted by molar-refractivity contribution is 0.0917. The molecule has 0 aliphatic carbocycles. The highest BCUT2D eigenvalue weighted by Crippen LogP contribution is 2.17. The number of carbonyl (C=O) groups is 1. The van der Waals surface area contributed by atoms with Gasteiger partial charge in [0.05, 0.1) is 24.8 Å². The van der Waals surface area contributed by atoms with Crippen LogP contribution in [0.1, 0.15) is 21.5 Å². The number of hydrogen-bond donors (Lipinski definition) is 2. The zero-order chi connectivity index (χ0) is 21.6. The summed E-state index contributed by atoms with van der Waals surface area (Å²) in [6.07, 6.45) is 5.45. The number of fused-ring (bicyclic) bond motifs is 1. The van der Waals surface area contributed by atoms with Crippen LogP contribution in [0.25, 0.3) is 10.8 Å². The van der Waals surface area contributed by atoms with Crippen LogP contribution in [0.5, 0.6) is 0 Å². The third-order valence-electron chi connectivity index (χ3n) is 5.22. The first-order valence-electron chi connectivity index (χ1n) is 10.1. The van der Waals surface area contributed by atoms with Gasteiger partial charge in [0.25, 0.3) is 11.5 Å². The zero-order valence-electron chi connectivity index (χ0n) is 16.9. The maximum Gasteiger partial charge on any atom is 0.258 e. The number of nitrogens with zero attached hydrogens (tertiary/aromatic N) is 2. The Hall–Kier alpha value is -3.77. The summed E-state index contributed by atoms with van der Waals surface area (Å²) in [6.45, 7) is 0.148. The molecule has 0 saturated carbocycles. The van der Waals surface area contributed by atoms with Crippen molar-refractivity contribution in [2.45, 2.75) is 19.0 Å². The Labute approximate surface area is 179 Å². The van der Waals surface area contributed by atoms with E-state index in [1.54, 1.807) is 42.9 Å². The van der Waals surface area contributed by atoms with E-state index in [0.717, 1.165) is 11.1 Å². The van der Waals surface area contributed by atoms with Crippen molar-refractivity contribution in [1.29, 1.82) is 0 Å². The Morgan fingerprint density at radius 2 is 1.61 bits per heavy atom. The standard InChI is InChI=1S/C25H23N3O3/c29-17-20(14-18-6-2-1-3-7-18)27-24(30)23-16-28(15-19-10-12-26-13-11-19)25(31)22-9-5-4-8-21(22)23/h1-13,16,20,29H,14-15,17H2,(H,27,30)/t20-/m0/s1. The fraction of sp³-hybridized carbons (Fsp3) is 0.160. The second-order valence-corrected chi connectivity index (χ2v) is 7.42. The van der Waals surface area contributed by atoms with Crippen LogP contribution in [0.4, 0.5) is 0 Å². The molecule has 4 rings (SSSR count). The van der Waals surface area contributed by atoms with Gasteiger partial charge in [0.15, 0.2) is 0 Å². The Balaban J connectivity index is 1.67. The Kier molecular flexibility index (Phi) is 6.19. The van der Waals surface area contributed by atoms with Crippen molar-refractivity contribution >= 4 is 16.7 Å². The number of rotatable bonds is 7. The van der Waals surface area contributed by atoms with Gasteiger partial charge in [0.1, 0.15) is 0 Å². The fourth-order valence-electron chi connectivity index (χ4n) is 3.65. The summed E-state index contributed by atoms with van der Waals surface area (Å²) in [5.41, 5.74) is 2.17. The van der Waals surface area contributed by atoms with E-state index in [4.69, 9.17) is 0 Å². The second-order valence-electron chi connectivity index (χ2n) is 7.42. The number of pyridine rings is 2. The maximum atomic E-state index is 13.2. The van der Waals surface area contributed by atoms with Gasteiger partial charge in [-0.1, -0.05) is 48.5 Å². The molecule has 0 bridgehead atoms. The van der Waals surface area contributed by atoms with E-state index >= 15 is 0 Å². The lowest BCUT2D eigenvalue weighted by atomic mass is 10.0. The van der Waals surface area contributed by atoms with Gasteiger partial charge in [-0.25, -0.2) is 0 Å². The van der Waals surface area contributed by atoms with Crippen molar-refractivity contribution in [3.8, 4) is 0 Å². The SMILES string of the molecule is O=C(N[C@H](CO)Cc1ccccc1)c1cn(Cc2ccncc2)c(=O)c2ccccc12. The van der Waals surface area contributed by atoms with E-state index in [1.165, 1.54) is 4.57 Å². The third-order valence-corrected chi connectivity index (χ3v) is 5.22. The van der Waals surface area contributed by atoms with Crippen molar-refractivity contribution in [1.82, 2.24) is 14.9 Å². The molecule has 6 heteroatoms. The largest absolute Gasteiger partial charge is 0.394 e. The number of carbonyl (C=O) groups excluding carboxylic acids is 1. The van der Waals surface area contributed by atoms with Crippen molar-refractivity contribution in [3.63, 3.8) is 0 Å². The summed E-state index contributed by atoms with van der Waals surface area (Å²) in [4.78, 5) is 30.2. The molecule has 0 fully saturated rings. The minimum absolute atomic E-state index is 0.160. The van der Waals surface area contributed by atoms with E-state index in [9.17, 15) is 14.7 Å². The molecule has 0 spiro atoms. The first-order valence-corrected chi connectivity index (χ1v) is 10.1. The van der Waals surface area contributed by atoms with Crippen LogP contribution < -0.4 is 10.9 Å². The van der Waals surface area contributed by atoms with Crippen LogP contribution in [0.3, 0.4) is 0 Å². The highest BCUT2D eigenvalue weighted by atomic mass is 16.3. The summed E-state index contributed by atoms with van der Waals surface area (Å²) < 4.78 is 1.54. The van der Waals surface area contributed by atoms with Crippen LogP contribution in [0.2, 0.25) is 0 Å². The van der Waals surface area contributed by atoms with Crippen LogP contribution in [0.15, 0.2) is 90.1 Å². The predicted octanol–water partition coefficient (Wildman–Crippen LogP) is 2.78. The normalized spacial score (nSPS) is 11.9. The molecule has 2 aromatic carbocycles. The maximum absolute atomic E-state index is 13.2. The summed E-state index contributed by atoms with van der Waals surface area (Å²) in [5, 5.41) is 13.8. The van der Waals surface area contributed by atoms with Crippen molar-refractivity contribution in [2.75, 3.05) is 6.61 Å². The summed E-state index contributed by atoms with van der Waals surface area (Å²) >= 11 is 0. The third kappa shape index (κ3) is 4.70. The molecule has 156 valence electrons. The molecular formula is C25H23N3O3. The van der Waals surface area contributed by atoms with Crippen LogP contribution in [-0.2, 0) is 13.0 Å². The molecule has 4 aromatic rings. The Morgan fingerprint density at radius 1 is 0.935 bits per heavy atom. The van der Waals surface area contributed by atoms with Crippen LogP contribution >= 0.6 is 0 Å². The van der Waals surface area contributed by atoms with Gasteiger partial charge in [-0.3, -0.25) is 14.6 Å². The van der Waals surface area contributed by atoms with Gasteiger partial charge in [-0.05, 0) is 35.7 Å². The van der Waals surface area contributed by atoms with Crippen LogP contribution in [-0.4, -0.2) is 33.2 Å². The molecule has 6 nitrogen and oxygen atoms in total. The number of benzene rings is 2. The topological polar surface area (TPSA) is 84.2 Å². The number of amides is 1. The molecule has 1 amide bonds.